The van der Waals surface area contributed by atoms with Crippen molar-refractivity contribution in [3.8, 4) is 0 Å². The van der Waals surface area contributed by atoms with E-state index in [0.717, 1.165) is 22.0 Å². The number of hydrogen-bond acceptors (Lipinski definition) is 2. The number of halogens is 3. The van der Waals surface area contributed by atoms with Crippen LogP contribution in [0.15, 0.2) is 30.5 Å². The number of aromatic nitrogens is 2. The van der Waals surface area contributed by atoms with E-state index < -0.39 is 28.9 Å². The highest BCUT2D eigenvalue weighted by atomic mass is 19.3. The predicted octanol–water partition coefficient (Wildman–Crippen LogP) is 4.20. The zero-order valence-corrected chi connectivity index (χ0v) is 15.9. The number of aryl methyl sites for hydroxylation is 1. The summed E-state index contributed by atoms with van der Waals surface area (Å²) in [4.78, 5) is 12.2. The second-order valence-corrected chi connectivity index (χ2v) is 8.37. The maximum Gasteiger partial charge on any atom is 0.331 e. The Morgan fingerprint density at radius 1 is 1.26 bits per heavy atom. The second kappa shape index (κ2) is 6.39. The van der Waals surface area contributed by atoms with Crippen molar-refractivity contribution in [2.45, 2.75) is 51.5 Å². The normalized spacial score (nSPS) is 16.3. The number of hydrogen-bond donors (Lipinski definition) is 1. The van der Waals surface area contributed by atoms with Crippen LogP contribution in [0.25, 0.3) is 0 Å². The molecule has 7 heteroatoms. The molecule has 1 saturated carbocycles. The van der Waals surface area contributed by atoms with Crippen LogP contribution in [0.5, 0.6) is 0 Å². The van der Waals surface area contributed by atoms with Gasteiger partial charge in [0.25, 0.3) is 5.91 Å². The maximum atomic E-state index is 15.0. The number of nitrogens with one attached hydrogen (secondary N) is 1. The standard InChI is InChI=1S/C20H24F3N3O/c1-18(2,3)15-8-6-5-7-13(15)11-19(9-10-19)20(22,23)25-17(27)14-12-24-26(4)16(14)21/h5-8,12H,9-11H2,1-4H3,(H,25,27). The van der Waals surface area contributed by atoms with Crippen LogP contribution >= 0.6 is 0 Å². The van der Waals surface area contributed by atoms with E-state index in [1.54, 1.807) is 5.32 Å². The summed E-state index contributed by atoms with van der Waals surface area (Å²) in [5, 5.41) is 5.33. The van der Waals surface area contributed by atoms with Gasteiger partial charge in [-0.1, -0.05) is 45.0 Å². The summed E-state index contributed by atoms with van der Waals surface area (Å²) in [6.07, 6.45) is 1.71. The largest absolute Gasteiger partial charge is 0.331 e. The first-order valence-corrected chi connectivity index (χ1v) is 8.93. The van der Waals surface area contributed by atoms with Crippen LogP contribution in [0.4, 0.5) is 13.2 Å². The summed E-state index contributed by atoms with van der Waals surface area (Å²) in [6.45, 7) is 6.11. The van der Waals surface area contributed by atoms with Gasteiger partial charge in [0.1, 0.15) is 5.56 Å². The fourth-order valence-corrected chi connectivity index (χ4v) is 3.44. The minimum Gasteiger partial charge on any atom is -0.293 e. The molecule has 0 aliphatic heterocycles. The van der Waals surface area contributed by atoms with Crippen LogP contribution in [-0.2, 0) is 18.9 Å². The van der Waals surface area contributed by atoms with Gasteiger partial charge >= 0.3 is 6.05 Å². The van der Waals surface area contributed by atoms with Crippen molar-refractivity contribution in [1.82, 2.24) is 15.1 Å². The molecular weight excluding hydrogens is 355 g/mol. The lowest BCUT2D eigenvalue weighted by Crippen LogP contribution is -2.49. The molecule has 1 aromatic heterocycles. The van der Waals surface area contributed by atoms with Gasteiger partial charge in [-0.2, -0.15) is 18.3 Å². The van der Waals surface area contributed by atoms with Crippen LogP contribution in [-0.4, -0.2) is 21.7 Å². The molecule has 1 heterocycles. The molecular formula is C20H24F3N3O. The van der Waals surface area contributed by atoms with Crippen LogP contribution < -0.4 is 5.32 Å². The number of carbonyl (C=O) groups excluding carboxylic acids is 1. The van der Waals surface area contributed by atoms with Crippen LogP contribution in [0.2, 0.25) is 0 Å². The Labute approximate surface area is 156 Å². The van der Waals surface area contributed by atoms with Crippen molar-refractivity contribution in [3.05, 3.63) is 53.1 Å². The first-order chi connectivity index (χ1) is 12.5. The molecule has 146 valence electrons. The third-order valence-corrected chi connectivity index (χ3v) is 5.26. The second-order valence-electron chi connectivity index (χ2n) is 8.37. The molecule has 1 aromatic carbocycles. The predicted molar refractivity (Wildman–Crippen MR) is 96.1 cm³/mol. The Morgan fingerprint density at radius 2 is 1.89 bits per heavy atom. The van der Waals surface area contributed by atoms with E-state index >= 15 is 0 Å². The molecule has 0 radical (unpaired) electrons. The average Bonchev–Trinajstić information content (AvgIpc) is 3.28. The van der Waals surface area contributed by atoms with E-state index in [1.807, 2.05) is 45.0 Å². The van der Waals surface area contributed by atoms with Gasteiger partial charge in [0.05, 0.1) is 11.6 Å². The molecule has 1 amide bonds. The Balaban J connectivity index is 1.83. The number of rotatable bonds is 5. The number of benzene rings is 1. The lowest BCUT2D eigenvalue weighted by atomic mass is 9.80. The van der Waals surface area contributed by atoms with E-state index in [-0.39, 0.29) is 11.8 Å². The molecule has 1 fully saturated rings. The minimum absolute atomic E-state index is 0.156. The molecule has 1 N–H and O–H groups in total. The summed E-state index contributed by atoms with van der Waals surface area (Å²) >= 11 is 0. The molecule has 1 aliphatic rings. The van der Waals surface area contributed by atoms with Crippen molar-refractivity contribution < 1.29 is 18.0 Å². The highest BCUT2D eigenvalue weighted by molar-refractivity contribution is 5.94. The SMILES string of the molecule is Cn1ncc(C(=O)NC(F)(F)C2(Cc3ccccc3C(C)(C)C)CC2)c1F. The van der Waals surface area contributed by atoms with E-state index in [4.69, 9.17) is 0 Å². The lowest BCUT2D eigenvalue weighted by Gasteiger charge is -2.30. The van der Waals surface area contributed by atoms with Crippen molar-refractivity contribution in [2.75, 3.05) is 0 Å². The van der Waals surface area contributed by atoms with Crippen molar-refractivity contribution in [1.29, 1.82) is 0 Å². The van der Waals surface area contributed by atoms with E-state index in [9.17, 15) is 18.0 Å². The van der Waals surface area contributed by atoms with Gasteiger partial charge in [0, 0.05) is 7.05 Å². The maximum absolute atomic E-state index is 15.0. The van der Waals surface area contributed by atoms with Gasteiger partial charge < -0.3 is 0 Å². The summed E-state index contributed by atoms with van der Waals surface area (Å²) in [6, 6.07) is 4.10. The quantitative estimate of drug-likeness (QED) is 0.792. The summed E-state index contributed by atoms with van der Waals surface area (Å²) in [7, 11) is 1.30. The summed E-state index contributed by atoms with van der Waals surface area (Å²) in [5.74, 6) is -2.09. The zero-order valence-electron chi connectivity index (χ0n) is 15.9. The summed E-state index contributed by atoms with van der Waals surface area (Å²) in [5.41, 5.74) is -0.143. The molecule has 4 nitrogen and oxygen atoms in total. The molecule has 0 unspecified atom stereocenters. The molecule has 2 aromatic rings. The monoisotopic (exact) mass is 379 g/mol. The number of amides is 1. The molecule has 0 spiro atoms. The molecule has 3 rings (SSSR count). The van der Waals surface area contributed by atoms with Crippen LogP contribution in [0.1, 0.15) is 55.1 Å². The smallest absolute Gasteiger partial charge is 0.293 e. The fraction of sp³-hybridized carbons (Fsp3) is 0.500. The number of carbonyl (C=O) groups is 1. The zero-order chi connectivity index (χ0) is 20.0. The minimum atomic E-state index is -3.45. The van der Waals surface area contributed by atoms with E-state index in [2.05, 4.69) is 5.10 Å². The van der Waals surface area contributed by atoms with Crippen LogP contribution in [0, 0.1) is 11.4 Å². The van der Waals surface area contributed by atoms with Gasteiger partial charge in [-0.15, -0.1) is 0 Å². The topological polar surface area (TPSA) is 46.9 Å². The molecule has 0 bridgehead atoms. The Morgan fingerprint density at radius 3 is 2.41 bits per heavy atom. The molecule has 0 saturated heterocycles. The Kier molecular flexibility index (Phi) is 4.60. The average molecular weight is 379 g/mol. The van der Waals surface area contributed by atoms with Gasteiger partial charge in [-0.25, -0.2) is 4.68 Å². The van der Waals surface area contributed by atoms with Gasteiger partial charge in [-0.05, 0) is 35.8 Å². The first-order valence-electron chi connectivity index (χ1n) is 8.93. The molecule has 0 atom stereocenters. The van der Waals surface area contributed by atoms with Gasteiger partial charge in [0.15, 0.2) is 0 Å². The number of alkyl halides is 2. The lowest BCUT2D eigenvalue weighted by molar-refractivity contribution is -0.0937. The Hall–Kier alpha value is -2.31. The number of nitrogens with zero attached hydrogens (tertiary/aromatic N) is 2. The Bertz CT molecular complexity index is 864. The van der Waals surface area contributed by atoms with Gasteiger partial charge in [0.2, 0.25) is 5.95 Å². The first kappa shape index (κ1) is 19.5. The van der Waals surface area contributed by atoms with Crippen LogP contribution in [0.3, 0.4) is 0 Å². The molecule has 27 heavy (non-hydrogen) atoms. The summed E-state index contributed by atoms with van der Waals surface area (Å²) < 4.78 is 44.6. The highest BCUT2D eigenvalue weighted by Crippen LogP contribution is 2.58. The highest BCUT2D eigenvalue weighted by Gasteiger charge is 2.62. The van der Waals surface area contributed by atoms with E-state index in [0.29, 0.717) is 12.8 Å². The van der Waals surface area contributed by atoms with E-state index in [1.165, 1.54) is 7.05 Å². The van der Waals surface area contributed by atoms with Crippen molar-refractivity contribution >= 4 is 5.91 Å². The van der Waals surface area contributed by atoms with Gasteiger partial charge in [-0.3, -0.25) is 10.1 Å². The third kappa shape index (κ3) is 3.59. The molecule has 1 aliphatic carbocycles. The fourth-order valence-electron chi connectivity index (χ4n) is 3.44. The third-order valence-electron chi connectivity index (χ3n) is 5.26. The van der Waals surface area contributed by atoms with Crippen molar-refractivity contribution in [2.24, 2.45) is 12.5 Å². The van der Waals surface area contributed by atoms with Crippen molar-refractivity contribution in [3.63, 3.8) is 0 Å².